The number of aromatic nitrogens is 4. The number of benzene rings is 2. The second-order valence-corrected chi connectivity index (χ2v) is 5.69. The van der Waals surface area contributed by atoms with Crippen LogP contribution in [0.3, 0.4) is 0 Å². The number of H-pyrrole nitrogens is 1. The van der Waals surface area contributed by atoms with Crippen LogP contribution in [-0.2, 0) is 0 Å². The van der Waals surface area contributed by atoms with Gasteiger partial charge in [0, 0.05) is 11.8 Å². The third-order valence-electron chi connectivity index (χ3n) is 4.07. The first-order valence-corrected chi connectivity index (χ1v) is 8.13. The van der Waals surface area contributed by atoms with Crippen LogP contribution in [0.15, 0.2) is 53.8 Å². The van der Waals surface area contributed by atoms with Crippen molar-refractivity contribution >= 4 is 17.8 Å². The molecule has 0 radical (unpaired) electrons. The molecule has 0 fully saturated rings. The summed E-state index contributed by atoms with van der Waals surface area (Å²) in [5, 5.41) is 2.99. The molecule has 0 aliphatic carbocycles. The Labute approximate surface area is 154 Å². The number of ether oxygens (including phenoxy) is 2. The van der Waals surface area contributed by atoms with E-state index >= 15 is 0 Å². The first-order valence-electron chi connectivity index (χ1n) is 8.13. The van der Waals surface area contributed by atoms with Gasteiger partial charge in [0.15, 0.2) is 17.3 Å². The lowest BCUT2D eigenvalue weighted by atomic mass is 10.1. The van der Waals surface area contributed by atoms with Gasteiger partial charge in [0.05, 0.1) is 14.2 Å². The van der Waals surface area contributed by atoms with Crippen molar-refractivity contribution in [3.05, 3.63) is 60.2 Å². The van der Waals surface area contributed by atoms with Crippen LogP contribution >= 0.6 is 0 Å². The van der Waals surface area contributed by atoms with Crippen molar-refractivity contribution in [1.29, 1.82) is 0 Å². The highest BCUT2D eigenvalue weighted by Crippen LogP contribution is 2.36. The molecule has 0 saturated carbocycles. The van der Waals surface area contributed by atoms with Crippen molar-refractivity contribution in [1.82, 2.24) is 19.6 Å². The fourth-order valence-corrected chi connectivity index (χ4v) is 2.73. The topological polar surface area (TPSA) is 76.8 Å². The smallest absolute Gasteiger partial charge is 0.253 e. The molecule has 2 heterocycles. The minimum absolute atomic E-state index is 0.293. The Morgan fingerprint density at radius 2 is 1.85 bits per heavy atom. The Balaban J connectivity index is 1.81. The molecule has 8 heteroatoms. The monoisotopic (exact) mass is 365 g/mol. The standard InChI is InChI=1S/C19H16FN5O2/c1-26-15-8-5-13(9-16(15)27-2)17-18(25-19(24-17)22-11-23-25)21-10-12-3-6-14(20)7-4-12/h3-11H,1-2H3,(H,22,23,24)/b21-10+. The van der Waals surface area contributed by atoms with E-state index in [1.54, 1.807) is 37.1 Å². The first-order chi connectivity index (χ1) is 13.2. The van der Waals surface area contributed by atoms with E-state index in [-0.39, 0.29) is 5.82 Å². The number of halogens is 1. The van der Waals surface area contributed by atoms with Crippen molar-refractivity contribution < 1.29 is 13.9 Å². The first kappa shape index (κ1) is 16.8. The molecule has 0 aliphatic rings. The number of hydrogen-bond donors (Lipinski definition) is 1. The molecule has 0 unspecified atom stereocenters. The fourth-order valence-electron chi connectivity index (χ4n) is 2.73. The lowest BCUT2D eigenvalue weighted by Crippen LogP contribution is -1.91. The van der Waals surface area contributed by atoms with Crippen LogP contribution < -0.4 is 9.47 Å². The van der Waals surface area contributed by atoms with Crippen LogP contribution in [0.4, 0.5) is 10.2 Å². The summed E-state index contributed by atoms with van der Waals surface area (Å²) in [6, 6.07) is 11.6. The van der Waals surface area contributed by atoms with E-state index in [1.807, 2.05) is 18.2 Å². The van der Waals surface area contributed by atoms with Gasteiger partial charge in [-0.2, -0.15) is 4.52 Å². The summed E-state index contributed by atoms with van der Waals surface area (Å²) in [6.07, 6.45) is 3.19. The maximum atomic E-state index is 13.1. The lowest BCUT2D eigenvalue weighted by molar-refractivity contribution is 0.355. The summed E-state index contributed by atoms with van der Waals surface area (Å²) in [5.41, 5.74) is 2.20. The van der Waals surface area contributed by atoms with E-state index in [1.165, 1.54) is 18.5 Å². The van der Waals surface area contributed by atoms with Gasteiger partial charge in [0.2, 0.25) is 0 Å². The van der Waals surface area contributed by atoms with Crippen LogP contribution in [0.5, 0.6) is 11.5 Å². The average Bonchev–Trinajstić information content (AvgIpc) is 3.28. The van der Waals surface area contributed by atoms with E-state index in [2.05, 4.69) is 20.1 Å². The van der Waals surface area contributed by atoms with Crippen LogP contribution in [0, 0.1) is 5.82 Å². The minimum atomic E-state index is -0.293. The maximum absolute atomic E-state index is 13.1. The van der Waals surface area contributed by atoms with Gasteiger partial charge in [-0.3, -0.25) is 5.10 Å². The maximum Gasteiger partial charge on any atom is 0.253 e. The normalized spacial score (nSPS) is 11.4. The highest BCUT2D eigenvalue weighted by molar-refractivity contribution is 5.85. The fraction of sp³-hybridized carbons (Fsp3) is 0.105. The van der Waals surface area contributed by atoms with E-state index in [4.69, 9.17) is 9.47 Å². The zero-order chi connectivity index (χ0) is 18.8. The molecule has 2 aromatic heterocycles. The van der Waals surface area contributed by atoms with Gasteiger partial charge < -0.3 is 9.47 Å². The Morgan fingerprint density at radius 3 is 2.59 bits per heavy atom. The molecule has 4 aromatic rings. The van der Waals surface area contributed by atoms with Crippen LogP contribution in [0.25, 0.3) is 17.0 Å². The van der Waals surface area contributed by atoms with E-state index in [9.17, 15) is 4.39 Å². The number of rotatable bonds is 5. The van der Waals surface area contributed by atoms with Crippen molar-refractivity contribution in [2.45, 2.75) is 0 Å². The highest BCUT2D eigenvalue weighted by atomic mass is 19.1. The Hall–Kier alpha value is -3.68. The summed E-state index contributed by atoms with van der Waals surface area (Å²) in [7, 11) is 3.16. The Morgan fingerprint density at radius 1 is 1.07 bits per heavy atom. The zero-order valence-corrected chi connectivity index (χ0v) is 14.7. The number of fused-ring (bicyclic) bond motifs is 1. The summed E-state index contributed by atoms with van der Waals surface area (Å²) >= 11 is 0. The average molecular weight is 365 g/mol. The summed E-state index contributed by atoms with van der Waals surface area (Å²) in [6.45, 7) is 0. The zero-order valence-electron chi connectivity index (χ0n) is 14.7. The molecule has 0 atom stereocenters. The van der Waals surface area contributed by atoms with Crippen LogP contribution in [0.2, 0.25) is 0 Å². The van der Waals surface area contributed by atoms with Crippen LogP contribution in [-0.4, -0.2) is 40.0 Å². The Kier molecular flexibility index (Phi) is 4.29. The second-order valence-electron chi connectivity index (χ2n) is 5.69. The predicted octanol–water partition coefficient (Wildman–Crippen LogP) is 3.63. The van der Waals surface area contributed by atoms with E-state index in [0.717, 1.165) is 11.1 Å². The molecule has 27 heavy (non-hydrogen) atoms. The molecule has 0 amide bonds. The molecular formula is C19H16FN5O2. The summed E-state index contributed by atoms with van der Waals surface area (Å²) in [4.78, 5) is 13.3. The lowest BCUT2D eigenvalue weighted by Gasteiger charge is -2.08. The number of aliphatic imine (C=N–C) groups is 1. The molecule has 7 nitrogen and oxygen atoms in total. The number of imidazole rings is 1. The molecular weight excluding hydrogens is 349 g/mol. The van der Waals surface area contributed by atoms with Gasteiger partial charge in [-0.1, -0.05) is 12.1 Å². The number of hydrogen-bond acceptors (Lipinski definition) is 5. The SMILES string of the molecule is COc1ccc(-c2nc3nc[nH]n3c2/N=C/c2ccc(F)cc2)cc1OC. The van der Waals surface area contributed by atoms with Crippen molar-refractivity contribution in [2.75, 3.05) is 14.2 Å². The summed E-state index contributed by atoms with van der Waals surface area (Å²) < 4.78 is 25.4. The van der Waals surface area contributed by atoms with Crippen molar-refractivity contribution in [3.63, 3.8) is 0 Å². The van der Waals surface area contributed by atoms with Gasteiger partial charge in [-0.05, 0) is 35.9 Å². The number of aromatic amines is 1. The van der Waals surface area contributed by atoms with Gasteiger partial charge in [0.25, 0.3) is 5.78 Å². The molecule has 4 rings (SSSR count). The Bertz CT molecular complexity index is 1120. The van der Waals surface area contributed by atoms with Crippen LogP contribution in [0.1, 0.15) is 5.56 Å². The van der Waals surface area contributed by atoms with Gasteiger partial charge >= 0.3 is 0 Å². The third-order valence-corrected chi connectivity index (χ3v) is 4.07. The second kappa shape index (κ2) is 6.91. The summed E-state index contributed by atoms with van der Waals surface area (Å²) in [5.74, 6) is 1.98. The minimum Gasteiger partial charge on any atom is -0.493 e. The predicted molar refractivity (Wildman–Crippen MR) is 99.5 cm³/mol. The van der Waals surface area contributed by atoms with Gasteiger partial charge in [-0.25, -0.2) is 19.4 Å². The van der Waals surface area contributed by atoms with Gasteiger partial charge in [-0.15, -0.1) is 0 Å². The van der Waals surface area contributed by atoms with Crippen molar-refractivity contribution in [2.24, 2.45) is 4.99 Å². The number of nitrogens with zero attached hydrogens (tertiary/aromatic N) is 4. The number of nitrogens with one attached hydrogen (secondary N) is 1. The molecule has 1 N–H and O–H groups in total. The molecule has 0 aliphatic heterocycles. The van der Waals surface area contributed by atoms with Crippen molar-refractivity contribution in [3.8, 4) is 22.8 Å². The molecule has 136 valence electrons. The molecule has 0 spiro atoms. The quantitative estimate of drug-likeness (QED) is 0.548. The third kappa shape index (κ3) is 3.12. The largest absolute Gasteiger partial charge is 0.493 e. The molecule has 0 bridgehead atoms. The van der Waals surface area contributed by atoms with Gasteiger partial charge in [0.1, 0.15) is 17.8 Å². The van der Waals surface area contributed by atoms with E-state index in [0.29, 0.717) is 28.8 Å². The molecule has 0 saturated heterocycles. The van der Waals surface area contributed by atoms with E-state index < -0.39 is 0 Å². The number of methoxy groups -OCH3 is 2. The molecule has 2 aromatic carbocycles. The highest BCUT2D eigenvalue weighted by Gasteiger charge is 2.17.